The van der Waals surface area contributed by atoms with Gasteiger partial charge >= 0.3 is 0 Å². The lowest BCUT2D eigenvalue weighted by Gasteiger charge is -2.24. The summed E-state index contributed by atoms with van der Waals surface area (Å²) in [6.07, 6.45) is 0. The molecular formula is C13H15BrN2O. The molecule has 0 aliphatic heterocycles. The Morgan fingerprint density at radius 3 is 2.59 bits per heavy atom. The summed E-state index contributed by atoms with van der Waals surface area (Å²) in [5, 5.41) is 8.93. The highest BCUT2D eigenvalue weighted by atomic mass is 79.9. The van der Waals surface area contributed by atoms with Crippen molar-refractivity contribution in [2.75, 3.05) is 7.05 Å². The van der Waals surface area contributed by atoms with Crippen LogP contribution in [-0.4, -0.2) is 17.9 Å². The zero-order chi connectivity index (χ0) is 13.1. The summed E-state index contributed by atoms with van der Waals surface area (Å²) in [5.41, 5.74) is 0.0489. The van der Waals surface area contributed by atoms with Crippen LogP contribution in [0.1, 0.15) is 19.4 Å². The minimum absolute atomic E-state index is 0.171. The van der Waals surface area contributed by atoms with E-state index in [9.17, 15) is 4.79 Å². The highest BCUT2D eigenvalue weighted by Crippen LogP contribution is 2.21. The monoisotopic (exact) mass is 294 g/mol. The van der Waals surface area contributed by atoms with Gasteiger partial charge in [0.1, 0.15) is 5.41 Å². The van der Waals surface area contributed by atoms with Gasteiger partial charge in [-0.1, -0.05) is 34.1 Å². The molecule has 1 aromatic carbocycles. The Hall–Kier alpha value is -1.34. The van der Waals surface area contributed by atoms with Crippen LogP contribution in [0.3, 0.4) is 0 Å². The highest BCUT2D eigenvalue weighted by Gasteiger charge is 2.30. The van der Waals surface area contributed by atoms with Crippen molar-refractivity contribution in [3.05, 3.63) is 34.3 Å². The van der Waals surface area contributed by atoms with Crippen LogP contribution in [-0.2, 0) is 11.3 Å². The van der Waals surface area contributed by atoms with Crippen molar-refractivity contribution in [1.29, 1.82) is 5.26 Å². The van der Waals surface area contributed by atoms with Crippen LogP contribution < -0.4 is 0 Å². The smallest absolute Gasteiger partial charge is 0.242 e. The zero-order valence-corrected chi connectivity index (χ0v) is 11.8. The quantitative estimate of drug-likeness (QED) is 0.860. The Bertz CT molecular complexity index is 463. The number of benzene rings is 1. The van der Waals surface area contributed by atoms with Gasteiger partial charge in [-0.05, 0) is 25.5 Å². The Kier molecular flexibility index (Phi) is 4.30. The van der Waals surface area contributed by atoms with Gasteiger partial charge in [0, 0.05) is 18.1 Å². The molecule has 0 heterocycles. The van der Waals surface area contributed by atoms with Gasteiger partial charge in [-0.25, -0.2) is 0 Å². The van der Waals surface area contributed by atoms with E-state index in [4.69, 9.17) is 5.26 Å². The van der Waals surface area contributed by atoms with Gasteiger partial charge in [0.15, 0.2) is 0 Å². The van der Waals surface area contributed by atoms with E-state index < -0.39 is 5.41 Å². The van der Waals surface area contributed by atoms with E-state index in [2.05, 4.69) is 15.9 Å². The summed E-state index contributed by atoms with van der Waals surface area (Å²) >= 11 is 3.44. The largest absolute Gasteiger partial charge is 0.340 e. The van der Waals surface area contributed by atoms with E-state index in [-0.39, 0.29) is 5.91 Å². The van der Waals surface area contributed by atoms with Gasteiger partial charge < -0.3 is 4.90 Å². The number of carbonyl (C=O) groups is 1. The third-order valence-corrected chi connectivity index (χ3v) is 3.30. The first-order chi connectivity index (χ1) is 7.88. The summed E-state index contributed by atoms with van der Waals surface area (Å²) in [6, 6.07) is 9.75. The van der Waals surface area contributed by atoms with Crippen molar-refractivity contribution in [2.45, 2.75) is 20.4 Å². The van der Waals surface area contributed by atoms with Gasteiger partial charge in [0.2, 0.25) is 5.91 Å². The maximum Gasteiger partial charge on any atom is 0.242 e. The van der Waals surface area contributed by atoms with Crippen molar-refractivity contribution in [3.8, 4) is 6.07 Å². The second-order valence-electron chi connectivity index (χ2n) is 4.49. The van der Waals surface area contributed by atoms with Gasteiger partial charge in [0.25, 0.3) is 0 Å². The predicted octanol–water partition coefficient (Wildman–Crippen LogP) is 2.96. The standard InChI is InChI=1S/C13H15BrN2O/c1-13(2,9-15)12(17)16(3)8-10-6-4-5-7-11(10)14/h4-7H,8H2,1-3H3. The number of amides is 1. The van der Waals surface area contributed by atoms with E-state index in [0.29, 0.717) is 6.54 Å². The molecule has 0 bridgehead atoms. The first-order valence-electron chi connectivity index (χ1n) is 5.28. The van der Waals surface area contributed by atoms with Crippen LogP contribution in [0.2, 0.25) is 0 Å². The molecule has 0 saturated carbocycles. The van der Waals surface area contributed by atoms with E-state index >= 15 is 0 Å². The molecule has 0 atom stereocenters. The summed E-state index contributed by atoms with van der Waals surface area (Å²) < 4.78 is 0.967. The maximum absolute atomic E-state index is 12.0. The van der Waals surface area contributed by atoms with Gasteiger partial charge in [-0.3, -0.25) is 4.79 Å². The SMILES string of the molecule is CN(Cc1ccccc1Br)C(=O)C(C)(C)C#N. The second-order valence-corrected chi connectivity index (χ2v) is 5.34. The molecule has 1 amide bonds. The molecule has 0 spiro atoms. The third kappa shape index (κ3) is 3.31. The van der Waals surface area contributed by atoms with Crippen molar-refractivity contribution < 1.29 is 4.79 Å². The lowest BCUT2D eigenvalue weighted by molar-refractivity contribution is -0.136. The fourth-order valence-corrected chi connectivity index (χ4v) is 1.89. The van der Waals surface area contributed by atoms with Crippen LogP contribution in [0.4, 0.5) is 0 Å². The maximum atomic E-state index is 12.0. The molecule has 17 heavy (non-hydrogen) atoms. The number of nitrogens with zero attached hydrogens (tertiary/aromatic N) is 2. The van der Waals surface area contributed by atoms with Crippen molar-refractivity contribution in [2.24, 2.45) is 5.41 Å². The fourth-order valence-electron chi connectivity index (χ4n) is 1.48. The Balaban J connectivity index is 2.81. The Morgan fingerprint density at radius 1 is 1.47 bits per heavy atom. The number of hydrogen-bond acceptors (Lipinski definition) is 2. The molecule has 0 N–H and O–H groups in total. The van der Waals surface area contributed by atoms with Gasteiger partial charge in [-0.2, -0.15) is 5.26 Å². The molecule has 1 rings (SSSR count). The van der Waals surface area contributed by atoms with E-state index in [1.54, 1.807) is 25.8 Å². The van der Waals surface area contributed by atoms with Crippen molar-refractivity contribution >= 4 is 21.8 Å². The second kappa shape index (κ2) is 5.33. The molecule has 0 aliphatic carbocycles. The fraction of sp³-hybridized carbons (Fsp3) is 0.385. The van der Waals surface area contributed by atoms with E-state index in [1.165, 1.54) is 0 Å². The van der Waals surface area contributed by atoms with Crippen LogP contribution in [0.25, 0.3) is 0 Å². The average Bonchev–Trinajstić information content (AvgIpc) is 2.31. The molecule has 0 saturated heterocycles. The summed E-state index contributed by atoms with van der Waals surface area (Å²) in [7, 11) is 1.71. The van der Waals surface area contributed by atoms with E-state index in [1.807, 2.05) is 30.3 Å². The van der Waals surface area contributed by atoms with Crippen LogP contribution >= 0.6 is 15.9 Å². The third-order valence-electron chi connectivity index (χ3n) is 2.53. The summed E-state index contributed by atoms with van der Waals surface area (Å²) in [6.45, 7) is 3.75. The molecular weight excluding hydrogens is 280 g/mol. The first kappa shape index (κ1) is 13.7. The van der Waals surface area contributed by atoms with Crippen molar-refractivity contribution in [1.82, 2.24) is 4.90 Å². The molecule has 0 fully saturated rings. The number of hydrogen-bond donors (Lipinski definition) is 0. The molecule has 90 valence electrons. The molecule has 1 aromatic rings. The normalized spacial score (nSPS) is 10.8. The van der Waals surface area contributed by atoms with Crippen LogP contribution in [0.5, 0.6) is 0 Å². The molecule has 0 radical (unpaired) electrons. The number of carbonyl (C=O) groups excluding carboxylic acids is 1. The first-order valence-corrected chi connectivity index (χ1v) is 6.08. The molecule has 0 aliphatic rings. The minimum Gasteiger partial charge on any atom is -0.340 e. The lowest BCUT2D eigenvalue weighted by atomic mass is 9.94. The Morgan fingerprint density at radius 2 is 2.06 bits per heavy atom. The number of rotatable bonds is 3. The zero-order valence-electron chi connectivity index (χ0n) is 10.2. The summed E-state index contributed by atoms with van der Waals surface area (Å²) in [5.74, 6) is -0.171. The van der Waals surface area contributed by atoms with E-state index in [0.717, 1.165) is 10.0 Å². The highest BCUT2D eigenvalue weighted by molar-refractivity contribution is 9.10. The molecule has 3 nitrogen and oxygen atoms in total. The number of halogens is 1. The van der Waals surface area contributed by atoms with Crippen LogP contribution in [0, 0.1) is 16.7 Å². The van der Waals surface area contributed by atoms with Crippen LogP contribution in [0.15, 0.2) is 28.7 Å². The van der Waals surface area contributed by atoms with Gasteiger partial charge in [-0.15, -0.1) is 0 Å². The molecule has 0 aromatic heterocycles. The predicted molar refractivity (Wildman–Crippen MR) is 70.0 cm³/mol. The molecule has 4 heteroatoms. The number of nitriles is 1. The minimum atomic E-state index is -0.976. The topological polar surface area (TPSA) is 44.1 Å². The molecule has 0 unspecified atom stereocenters. The lowest BCUT2D eigenvalue weighted by Crippen LogP contribution is -2.37. The Labute approximate surface area is 110 Å². The average molecular weight is 295 g/mol. The van der Waals surface area contributed by atoms with Crippen molar-refractivity contribution in [3.63, 3.8) is 0 Å². The summed E-state index contributed by atoms with van der Waals surface area (Å²) in [4.78, 5) is 13.6. The van der Waals surface area contributed by atoms with Gasteiger partial charge in [0.05, 0.1) is 6.07 Å².